The summed E-state index contributed by atoms with van der Waals surface area (Å²) in [7, 11) is 1.66. The molecule has 0 aromatic rings. The topological polar surface area (TPSA) is 94.4 Å². The van der Waals surface area contributed by atoms with E-state index in [1.54, 1.807) is 7.05 Å². The Labute approximate surface area is 133 Å². The third-order valence-corrected chi connectivity index (χ3v) is 4.72. The molecule has 6 N–H and O–H groups in total. The maximum atomic E-state index is 11.5. The zero-order valence-corrected chi connectivity index (χ0v) is 13.9. The standard InChI is InChI=1S/C15H32N6O/c1-11(4-16)9-21-10-13(20-15(22)17-2)3-14(21)8-19-7-12-5-18-6-12/h11-14,18-19H,3-10,16H2,1-2H3,(H2,17,20,22)/t11-,13+,14-/m0/s1. The number of hydrogen-bond donors (Lipinski definition) is 5. The van der Waals surface area contributed by atoms with Crippen LogP contribution in [0.15, 0.2) is 0 Å². The molecule has 2 rings (SSSR count). The van der Waals surface area contributed by atoms with Gasteiger partial charge in [0.1, 0.15) is 0 Å². The summed E-state index contributed by atoms with van der Waals surface area (Å²) in [4.78, 5) is 14.0. The summed E-state index contributed by atoms with van der Waals surface area (Å²) in [6.45, 7) is 9.13. The van der Waals surface area contributed by atoms with Crippen molar-refractivity contribution in [2.75, 3.05) is 52.9 Å². The molecule has 2 aliphatic heterocycles. The van der Waals surface area contributed by atoms with Crippen molar-refractivity contribution in [3.8, 4) is 0 Å². The number of hydrogen-bond acceptors (Lipinski definition) is 5. The lowest BCUT2D eigenvalue weighted by Gasteiger charge is -2.30. The Kier molecular flexibility index (Phi) is 6.88. The Morgan fingerprint density at radius 1 is 1.41 bits per heavy atom. The Bertz CT molecular complexity index is 349. The molecule has 2 saturated heterocycles. The third kappa shape index (κ3) is 5.08. The molecule has 0 saturated carbocycles. The molecule has 128 valence electrons. The van der Waals surface area contributed by atoms with Crippen LogP contribution in [0.25, 0.3) is 0 Å². The summed E-state index contributed by atoms with van der Waals surface area (Å²) in [6.07, 6.45) is 1.00. The fraction of sp³-hybridized carbons (Fsp3) is 0.933. The normalized spacial score (nSPS) is 27.4. The van der Waals surface area contributed by atoms with E-state index in [4.69, 9.17) is 5.73 Å². The van der Waals surface area contributed by atoms with Crippen molar-refractivity contribution in [2.24, 2.45) is 17.6 Å². The van der Waals surface area contributed by atoms with Crippen molar-refractivity contribution in [3.63, 3.8) is 0 Å². The highest BCUT2D eigenvalue weighted by Crippen LogP contribution is 2.19. The summed E-state index contributed by atoms with van der Waals surface area (Å²) in [6, 6.07) is 0.609. The smallest absolute Gasteiger partial charge is 0.314 e. The molecule has 2 heterocycles. The number of nitrogens with two attached hydrogens (primary N) is 1. The van der Waals surface area contributed by atoms with Crippen LogP contribution >= 0.6 is 0 Å². The van der Waals surface area contributed by atoms with Gasteiger partial charge in [0.2, 0.25) is 0 Å². The summed E-state index contributed by atoms with van der Waals surface area (Å²) >= 11 is 0. The monoisotopic (exact) mass is 312 g/mol. The number of nitrogens with zero attached hydrogens (tertiary/aromatic N) is 1. The van der Waals surface area contributed by atoms with Crippen molar-refractivity contribution < 1.29 is 4.79 Å². The fourth-order valence-corrected chi connectivity index (χ4v) is 3.20. The van der Waals surface area contributed by atoms with E-state index in [0.29, 0.717) is 18.5 Å². The van der Waals surface area contributed by atoms with Crippen molar-refractivity contribution in [1.82, 2.24) is 26.2 Å². The predicted molar refractivity (Wildman–Crippen MR) is 88.8 cm³/mol. The number of rotatable bonds is 8. The van der Waals surface area contributed by atoms with Gasteiger partial charge in [0, 0.05) is 58.4 Å². The van der Waals surface area contributed by atoms with Crippen molar-refractivity contribution in [1.29, 1.82) is 0 Å². The third-order valence-electron chi connectivity index (χ3n) is 4.72. The van der Waals surface area contributed by atoms with E-state index >= 15 is 0 Å². The van der Waals surface area contributed by atoms with E-state index in [-0.39, 0.29) is 12.1 Å². The van der Waals surface area contributed by atoms with Gasteiger partial charge in [-0.2, -0.15) is 0 Å². The van der Waals surface area contributed by atoms with Gasteiger partial charge in [-0.3, -0.25) is 4.90 Å². The molecule has 0 bridgehead atoms. The molecular formula is C15H32N6O. The molecule has 0 aromatic carbocycles. The quantitative estimate of drug-likeness (QED) is 0.387. The van der Waals surface area contributed by atoms with Gasteiger partial charge in [-0.1, -0.05) is 6.92 Å². The first-order chi connectivity index (χ1) is 10.6. The molecule has 0 aliphatic carbocycles. The molecule has 3 atom stereocenters. The second-order valence-electron chi connectivity index (χ2n) is 6.79. The Morgan fingerprint density at radius 2 is 2.18 bits per heavy atom. The Morgan fingerprint density at radius 3 is 2.77 bits per heavy atom. The van der Waals surface area contributed by atoms with Gasteiger partial charge in [0.25, 0.3) is 0 Å². The lowest BCUT2D eigenvalue weighted by Crippen LogP contribution is -2.49. The molecule has 0 radical (unpaired) electrons. The number of carbonyl (C=O) groups is 1. The first-order valence-corrected chi connectivity index (χ1v) is 8.46. The molecular weight excluding hydrogens is 280 g/mol. The predicted octanol–water partition coefficient (Wildman–Crippen LogP) is -1.24. The zero-order chi connectivity index (χ0) is 15.9. The van der Waals surface area contributed by atoms with E-state index in [2.05, 4.69) is 33.1 Å². The van der Waals surface area contributed by atoms with Crippen LogP contribution in [-0.2, 0) is 0 Å². The lowest BCUT2D eigenvalue weighted by molar-refractivity contribution is 0.210. The van der Waals surface area contributed by atoms with Crippen molar-refractivity contribution in [3.05, 3.63) is 0 Å². The minimum absolute atomic E-state index is 0.0917. The van der Waals surface area contributed by atoms with Crippen LogP contribution in [0.3, 0.4) is 0 Å². The van der Waals surface area contributed by atoms with Crippen LogP contribution in [0.1, 0.15) is 13.3 Å². The van der Waals surface area contributed by atoms with Gasteiger partial charge in [-0.05, 0) is 24.8 Å². The Balaban J connectivity index is 1.80. The van der Waals surface area contributed by atoms with Crippen LogP contribution in [0.5, 0.6) is 0 Å². The van der Waals surface area contributed by atoms with E-state index in [1.807, 2.05) is 0 Å². The molecule has 2 aliphatic rings. The Hall–Kier alpha value is -0.890. The highest BCUT2D eigenvalue weighted by atomic mass is 16.2. The molecule has 2 fully saturated rings. The molecule has 0 unspecified atom stereocenters. The largest absolute Gasteiger partial charge is 0.341 e. The van der Waals surface area contributed by atoms with E-state index < -0.39 is 0 Å². The minimum Gasteiger partial charge on any atom is -0.341 e. The van der Waals surface area contributed by atoms with E-state index in [0.717, 1.165) is 51.6 Å². The van der Waals surface area contributed by atoms with Crippen LogP contribution in [0.4, 0.5) is 4.79 Å². The van der Waals surface area contributed by atoms with Gasteiger partial charge in [-0.25, -0.2) is 4.79 Å². The van der Waals surface area contributed by atoms with E-state index in [9.17, 15) is 4.79 Å². The van der Waals surface area contributed by atoms with Crippen LogP contribution in [-0.4, -0.2) is 75.9 Å². The molecule has 0 spiro atoms. The number of carbonyl (C=O) groups excluding carboxylic acids is 1. The summed E-state index contributed by atoms with van der Waals surface area (Å²) in [5.41, 5.74) is 5.77. The van der Waals surface area contributed by atoms with Crippen molar-refractivity contribution in [2.45, 2.75) is 25.4 Å². The first kappa shape index (κ1) is 17.5. The molecule has 7 nitrogen and oxygen atoms in total. The molecule has 0 aromatic heterocycles. The SMILES string of the molecule is CNC(=O)N[C@@H]1C[C@@H](CNCC2CNC2)N(C[C@@H](C)CN)C1. The van der Waals surface area contributed by atoms with Gasteiger partial charge in [0.15, 0.2) is 0 Å². The molecule has 7 heteroatoms. The van der Waals surface area contributed by atoms with Crippen LogP contribution in [0, 0.1) is 11.8 Å². The number of urea groups is 1. The number of amides is 2. The van der Waals surface area contributed by atoms with Gasteiger partial charge in [0.05, 0.1) is 0 Å². The van der Waals surface area contributed by atoms with Crippen LogP contribution < -0.4 is 27.0 Å². The van der Waals surface area contributed by atoms with Gasteiger partial charge >= 0.3 is 6.03 Å². The molecule has 2 amide bonds. The second-order valence-corrected chi connectivity index (χ2v) is 6.79. The zero-order valence-electron chi connectivity index (χ0n) is 13.9. The number of nitrogens with one attached hydrogen (secondary N) is 4. The number of likely N-dealkylation sites (tertiary alicyclic amines) is 1. The minimum atomic E-state index is -0.0917. The lowest BCUT2D eigenvalue weighted by atomic mass is 10.0. The highest BCUT2D eigenvalue weighted by molar-refractivity contribution is 5.73. The van der Waals surface area contributed by atoms with Gasteiger partial charge < -0.3 is 27.0 Å². The molecule has 22 heavy (non-hydrogen) atoms. The van der Waals surface area contributed by atoms with Crippen LogP contribution in [0.2, 0.25) is 0 Å². The van der Waals surface area contributed by atoms with Crippen molar-refractivity contribution >= 4 is 6.03 Å². The van der Waals surface area contributed by atoms with Gasteiger partial charge in [-0.15, -0.1) is 0 Å². The second kappa shape index (κ2) is 8.67. The summed E-state index contributed by atoms with van der Waals surface area (Å²) in [5.74, 6) is 1.26. The summed E-state index contributed by atoms with van der Waals surface area (Å²) in [5, 5.41) is 12.6. The summed E-state index contributed by atoms with van der Waals surface area (Å²) < 4.78 is 0. The maximum Gasteiger partial charge on any atom is 0.314 e. The fourth-order valence-electron chi connectivity index (χ4n) is 3.20. The van der Waals surface area contributed by atoms with E-state index in [1.165, 1.54) is 0 Å². The first-order valence-electron chi connectivity index (χ1n) is 8.46. The average Bonchev–Trinajstić information content (AvgIpc) is 2.82. The highest BCUT2D eigenvalue weighted by Gasteiger charge is 2.33. The maximum absolute atomic E-state index is 11.5. The average molecular weight is 312 g/mol.